The Hall–Kier alpha value is -2.04. The number of hydrogen-bond donors (Lipinski definition) is 0. The fraction of sp³-hybridized carbons (Fsp3) is 0.529. The van der Waals surface area contributed by atoms with Gasteiger partial charge in [0, 0.05) is 24.0 Å². The first-order chi connectivity index (χ1) is 10.5. The number of hydrogen-bond acceptors (Lipinski definition) is 4. The first-order valence-electron chi connectivity index (χ1n) is 7.96. The van der Waals surface area contributed by atoms with Crippen molar-refractivity contribution in [3.05, 3.63) is 33.5 Å². The van der Waals surface area contributed by atoms with Crippen molar-refractivity contribution in [1.29, 1.82) is 0 Å². The molecular weight excluding hydrogens is 278 g/mol. The van der Waals surface area contributed by atoms with Crippen molar-refractivity contribution in [3.8, 4) is 0 Å². The number of aryl methyl sites for hydroxylation is 2. The summed E-state index contributed by atoms with van der Waals surface area (Å²) < 4.78 is 1.76. The van der Waals surface area contributed by atoms with Crippen molar-refractivity contribution in [2.45, 2.75) is 58.9 Å². The van der Waals surface area contributed by atoms with Crippen LogP contribution in [0.2, 0.25) is 0 Å². The largest absolute Gasteiger partial charge is 0.294 e. The van der Waals surface area contributed by atoms with Gasteiger partial charge in [0.25, 0.3) is 5.56 Å². The van der Waals surface area contributed by atoms with Crippen LogP contribution in [-0.2, 0) is 6.42 Å². The molecule has 0 spiro atoms. The number of ketones is 1. The highest BCUT2D eigenvalue weighted by atomic mass is 16.1. The van der Waals surface area contributed by atoms with Gasteiger partial charge in [0.15, 0.2) is 5.78 Å². The van der Waals surface area contributed by atoms with Crippen LogP contribution in [0.25, 0.3) is 11.0 Å². The fourth-order valence-corrected chi connectivity index (χ4v) is 3.45. The van der Waals surface area contributed by atoms with Gasteiger partial charge in [0.05, 0.1) is 5.56 Å². The summed E-state index contributed by atoms with van der Waals surface area (Å²) >= 11 is 0. The second-order valence-electron chi connectivity index (χ2n) is 6.05. The maximum absolute atomic E-state index is 12.9. The lowest BCUT2D eigenvalue weighted by Gasteiger charge is -2.19. The van der Waals surface area contributed by atoms with Gasteiger partial charge in [-0.3, -0.25) is 14.2 Å². The molecule has 0 aliphatic heterocycles. The smallest absolute Gasteiger partial charge is 0.263 e. The Morgan fingerprint density at radius 1 is 1.36 bits per heavy atom. The van der Waals surface area contributed by atoms with Crippen LogP contribution in [0.3, 0.4) is 0 Å². The second kappa shape index (κ2) is 5.63. The lowest BCUT2D eigenvalue weighted by Crippen LogP contribution is -2.30. The van der Waals surface area contributed by atoms with E-state index in [1.807, 2.05) is 13.8 Å². The van der Waals surface area contributed by atoms with Crippen molar-refractivity contribution < 1.29 is 4.79 Å². The van der Waals surface area contributed by atoms with Crippen LogP contribution in [-0.4, -0.2) is 20.3 Å². The molecule has 1 aliphatic carbocycles. The lowest BCUT2D eigenvalue weighted by molar-refractivity contribution is 0.101. The summed E-state index contributed by atoms with van der Waals surface area (Å²) in [5.74, 6) is 0.546. The Kier molecular flexibility index (Phi) is 3.81. The van der Waals surface area contributed by atoms with Crippen LogP contribution in [0.5, 0.6) is 0 Å². The molecule has 5 heteroatoms. The average Bonchev–Trinajstić information content (AvgIpc) is 3.00. The van der Waals surface area contributed by atoms with Gasteiger partial charge in [-0.05, 0) is 32.3 Å². The molecule has 0 amide bonds. The van der Waals surface area contributed by atoms with Crippen LogP contribution < -0.4 is 5.56 Å². The zero-order valence-corrected chi connectivity index (χ0v) is 13.3. The molecular formula is C17H21N3O2. The van der Waals surface area contributed by atoms with E-state index in [4.69, 9.17) is 0 Å². The Balaban J connectivity index is 2.42. The van der Waals surface area contributed by atoms with Crippen molar-refractivity contribution >= 4 is 16.8 Å². The molecule has 0 unspecified atom stereocenters. The molecule has 0 aromatic carbocycles. The van der Waals surface area contributed by atoms with Gasteiger partial charge in [-0.15, -0.1) is 0 Å². The van der Waals surface area contributed by atoms with Gasteiger partial charge < -0.3 is 0 Å². The van der Waals surface area contributed by atoms with Gasteiger partial charge in [0.1, 0.15) is 11.5 Å². The Labute approximate surface area is 129 Å². The standard InChI is InChI=1S/C17H21N3O2/c1-4-14-18-9-13-10(2)15(11(3)21)17(22)20(16(13)19-14)12-7-5-6-8-12/h9,12H,4-8H2,1-3H3. The SMILES string of the molecule is CCc1ncc2c(C)c(C(C)=O)c(=O)n(C3CCCC3)c2n1. The minimum atomic E-state index is -0.190. The molecule has 5 nitrogen and oxygen atoms in total. The number of pyridine rings is 1. The molecule has 2 aromatic rings. The highest BCUT2D eigenvalue weighted by Crippen LogP contribution is 2.31. The van der Waals surface area contributed by atoms with Gasteiger partial charge in [-0.2, -0.15) is 0 Å². The van der Waals surface area contributed by atoms with E-state index in [2.05, 4.69) is 9.97 Å². The van der Waals surface area contributed by atoms with Crippen molar-refractivity contribution in [3.63, 3.8) is 0 Å². The van der Waals surface area contributed by atoms with Crippen LogP contribution in [0.15, 0.2) is 11.0 Å². The fourth-order valence-electron chi connectivity index (χ4n) is 3.45. The number of fused-ring (bicyclic) bond motifs is 1. The summed E-state index contributed by atoms with van der Waals surface area (Å²) in [6.07, 6.45) is 6.67. The normalized spacial score (nSPS) is 15.6. The van der Waals surface area contributed by atoms with Gasteiger partial charge in [0.2, 0.25) is 0 Å². The maximum atomic E-state index is 12.9. The van der Waals surface area contributed by atoms with E-state index in [-0.39, 0.29) is 22.9 Å². The van der Waals surface area contributed by atoms with E-state index in [9.17, 15) is 9.59 Å². The van der Waals surface area contributed by atoms with Crippen molar-refractivity contribution in [1.82, 2.24) is 14.5 Å². The topological polar surface area (TPSA) is 64.8 Å². The predicted molar refractivity (Wildman–Crippen MR) is 85.4 cm³/mol. The molecule has 0 bridgehead atoms. The number of aromatic nitrogens is 3. The summed E-state index contributed by atoms with van der Waals surface area (Å²) in [5, 5.41) is 0.814. The van der Waals surface area contributed by atoms with Gasteiger partial charge >= 0.3 is 0 Å². The molecule has 0 radical (unpaired) electrons. The van der Waals surface area contributed by atoms with Crippen LogP contribution >= 0.6 is 0 Å². The lowest BCUT2D eigenvalue weighted by atomic mass is 10.0. The summed E-state index contributed by atoms with van der Waals surface area (Å²) in [5.41, 5.74) is 1.48. The summed E-state index contributed by atoms with van der Waals surface area (Å²) in [4.78, 5) is 33.8. The van der Waals surface area contributed by atoms with E-state index in [1.54, 1.807) is 10.8 Å². The first-order valence-corrected chi connectivity index (χ1v) is 7.96. The minimum Gasteiger partial charge on any atom is -0.294 e. The number of rotatable bonds is 3. The van der Waals surface area contributed by atoms with Crippen molar-refractivity contribution in [2.24, 2.45) is 0 Å². The highest BCUT2D eigenvalue weighted by Gasteiger charge is 2.25. The molecule has 2 aromatic heterocycles. The molecule has 0 N–H and O–H groups in total. The highest BCUT2D eigenvalue weighted by molar-refractivity contribution is 5.99. The van der Waals surface area contributed by atoms with E-state index < -0.39 is 0 Å². The first kappa shape index (κ1) is 14.9. The molecule has 1 aliphatic rings. The quantitative estimate of drug-likeness (QED) is 0.817. The monoisotopic (exact) mass is 299 g/mol. The third-order valence-electron chi connectivity index (χ3n) is 4.62. The second-order valence-corrected chi connectivity index (χ2v) is 6.05. The summed E-state index contributed by atoms with van der Waals surface area (Å²) in [7, 11) is 0. The molecule has 3 rings (SSSR count). The van der Waals surface area contributed by atoms with Crippen molar-refractivity contribution in [2.75, 3.05) is 0 Å². The van der Waals surface area contributed by atoms with Crippen LogP contribution in [0.4, 0.5) is 0 Å². The summed E-state index contributed by atoms with van der Waals surface area (Å²) in [6.45, 7) is 5.26. The summed E-state index contributed by atoms with van der Waals surface area (Å²) in [6, 6.07) is 0.147. The minimum absolute atomic E-state index is 0.147. The molecule has 2 heterocycles. The number of carbonyl (C=O) groups is 1. The van der Waals surface area contributed by atoms with Crippen LogP contribution in [0, 0.1) is 6.92 Å². The molecule has 0 saturated heterocycles. The Morgan fingerprint density at radius 3 is 2.64 bits per heavy atom. The molecule has 0 atom stereocenters. The van der Waals surface area contributed by atoms with Gasteiger partial charge in [-0.1, -0.05) is 19.8 Å². The zero-order valence-electron chi connectivity index (χ0n) is 13.3. The number of carbonyl (C=O) groups excluding carboxylic acids is 1. The van der Waals surface area contributed by atoms with E-state index in [0.29, 0.717) is 11.2 Å². The van der Waals surface area contributed by atoms with E-state index in [0.717, 1.165) is 43.3 Å². The predicted octanol–water partition coefficient (Wildman–Crippen LogP) is 2.98. The van der Waals surface area contributed by atoms with Crippen LogP contribution in [0.1, 0.15) is 67.3 Å². The molecule has 116 valence electrons. The van der Waals surface area contributed by atoms with Gasteiger partial charge in [-0.25, -0.2) is 9.97 Å². The van der Waals surface area contributed by atoms with E-state index >= 15 is 0 Å². The zero-order chi connectivity index (χ0) is 15.9. The Bertz CT molecular complexity index is 802. The molecule has 22 heavy (non-hydrogen) atoms. The Morgan fingerprint density at radius 2 is 2.05 bits per heavy atom. The van der Waals surface area contributed by atoms with E-state index in [1.165, 1.54) is 6.92 Å². The number of Topliss-reactive ketones (excluding diaryl/α,β-unsaturated/α-hetero) is 1. The molecule has 1 saturated carbocycles. The molecule has 1 fully saturated rings. The maximum Gasteiger partial charge on any atom is 0.263 e. The average molecular weight is 299 g/mol. The number of nitrogens with zero attached hydrogens (tertiary/aromatic N) is 3. The third kappa shape index (κ3) is 2.25. The third-order valence-corrected chi connectivity index (χ3v) is 4.62.